The van der Waals surface area contributed by atoms with E-state index in [2.05, 4.69) is 103 Å². The standard InChI is InChI=1S/C18H13NO.C11H10.C8H7NO/c1-12-6-9-16-17(10-12)20-18(19-16)15-8-7-13-4-2-3-5-14(13)11-15;1-9-6-7-10-4-2-3-5-11(10)8-9;1-6-2-3-7-8(4-6)10-5-9-7/h2-11H,1H3;2-8H,1H3;2-5H,1H3. The van der Waals surface area contributed by atoms with Crippen molar-refractivity contribution in [3.63, 3.8) is 0 Å². The highest BCUT2D eigenvalue weighted by Crippen LogP contribution is 2.27. The van der Waals surface area contributed by atoms with Crippen LogP contribution in [0.2, 0.25) is 0 Å². The third-order valence-electron chi connectivity index (χ3n) is 6.93. The van der Waals surface area contributed by atoms with Gasteiger partial charge in [0, 0.05) is 5.56 Å². The molecule has 0 aliphatic rings. The molecule has 6 aromatic carbocycles. The first kappa shape index (κ1) is 26.0. The second-order valence-electron chi connectivity index (χ2n) is 10.2. The summed E-state index contributed by atoms with van der Waals surface area (Å²) in [7, 11) is 0. The smallest absolute Gasteiger partial charge is 0.227 e. The largest absolute Gasteiger partial charge is 0.443 e. The van der Waals surface area contributed by atoms with E-state index in [1.54, 1.807) is 0 Å². The predicted molar refractivity (Wildman–Crippen MR) is 169 cm³/mol. The van der Waals surface area contributed by atoms with Crippen molar-refractivity contribution < 1.29 is 8.83 Å². The number of rotatable bonds is 1. The van der Waals surface area contributed by atoms with Crippen LogP contribution in [0.15, 0.2) is 137 Å². The van der Waals surface area contributed by atoms with Gasteiger partial charge in [0.1, 0.15) is 11.0 Å². The average Bonchev–Trinajstić information content (AvgIpc) is 3.64. The Morgan fingerprint density at radius 3 is 1.78 bits per heavy atom. The van der Waals surface area contributed by atoms with Crippen molar-refractivity contribution in [3.8, 4) is 11.5 Å². The number of hydrogen-bond acceptors (Lipinski definition) is 4. The van der Waals surface area contributed by atoms with Crippen molar-refractivity contribution in [1.82, 2.24) is 9.97 Å². The van der Waals surface area contributed by atoms with E-state index >= 15 is 0 Å². The zero-order valence-corrected chi connectivity index (χ0v) is 23.3. The summed E-state index contributed by atoms with van der Waals surface area (Å²) in [5.74, 6) is 0.677. The van der Waals surface area contributed by atoms with Gasteiger partial charge in [-0.1, -0.05) is 90.5 Å². The van der Waals surface area contributed by atoms with Crippen LogP contribution in [0.3, 0.4) is 0 Å². The average molecular weight is 535 g/mol. The molecule has 4 nitrogen and oxygen atoms in total. The molecule has 2 aromatic heterocycles. The molecule has 0 aliphatic heterocycles. The number of hydrogen-bond donors (Lipinski definition) is 0. The Kier molecular flexibility index (Phi) is 7.29. The highest BCUT2D eigenvalue weighted by atomic mass is 16.3. The molecule has 0 saturated heterocycles. The van der Waals surface area contributed by atoms with Crippen molar-refractivity contribution in [3.05, 3.63) is 144 Å². The van der Waals surface area contributed by atoms with Gasteiger partial charge in [-0.25, -0.2) is 9.97 Å². The molecule has 0 N–H and O–H groups in total. The lowest BCUT2D eigenvalue weighted by Gasteiger charge is -1.99. The van der Waals surface area contributed by atoms with E-state index in [1.807, 2.05) is 49.4 Å². The molecule has 0 fully saturated rings. The van der Waals surface area contributed by atoms with Crippen molar-refractivity contribution in [2.24, 2.45) is 0 Å². The lowest BCUT2D eigenvalue weighted by atomic mass is 10.1. The van der Waals surface area contributed by atoms with Crippen LogP contribution in [-0.2, 0) is 0 Å². The highest BCUT2D eigenvalue weighted by Gasteiger charge is 2.08. The molecule has 0 aliphatic carbocycles. The molecular weight excluding hydrogens is 504 g/mol. The van der Waals surface area contributed by atoms with Gasteiger partial charge in [0.15, 0.2) is 17.6 Å². The summed E-state index contributed by atoms with van der Waals surface area (Å²) in [6.45, 7) is 6.20. The van der Waals surface area contributed by atoms with E-state index in [4.69, 9.17) is 8.83 Å². The second kappa shape index (κ2) is 11.5. The summed E-state index contributed by atoms with van der Waals surface area (Å²) in [6.07, 6.45) is 1.46. The maximum atomic E-state index is 5.87. The summed E-state index contributed by atoms with van der Waals surface area (Å²) < 4.78 is 11.0. The molecule has 0 saturated carbocycles. The van der Waals surface area contributed by atoms with Crippen LogP contribution in [0.4, 0.5) is 0 Å². The number of nitrogens with zero attached hydrogens (tertiary/aromatic N) is 2. The first-order valence-electron chi connectivity index (χ1n) is 13.6. The Morgan fingerprint density at radius 1 is 0.488 bits per heavy atom. The Bertz CT molecular complexity index is 2100. The molecular formula is C37H30N2O2. The minimum Gasteiger partial charge on any atom is -0.443 e. The summed E-state index contributed by atoms with van der Waals surface area (Å²) in [6, 6.07) is 41.5. The maximum Gasteiger partial charge on any atom is 0.227 e. The van der Waals surface area contributed by atoms with Gasteiger partial charge >= 0.3 is 0 Å². The molecule has 0 bridgehead atoms. The lowest BCUT2D eigenvalue weighted by Crippen LogP contribution is -1.78. The number of aryl methyl sites for hydroxylation is 3. The third-order valence-corrected chi connectivity index (χ3v) is 6.93. The fraction of sp³-hybridized carbons (Fsp3) is 0.0811. The van der Waals surface area contributed by atoms with Gasteiger partial charge in [0.05, 0.1) is 0 Å². The molecule has 0 radical (unpaired) electrons. The van der Waals surface area contributed by atoms with Crippen molar-refractivity contribution in [2.45, 2.75) is 20.8 Å². The topological polar surface area (TPSA) is 52.1 Å². The SMILES string of the molecule is Cc1ccc2ccccc2c1.Cc1ccc2nc(-c3ccc4ccccc4c3)oc2c1.Cc1ccc2ncoc2c1. The van der Waals surface area contributed by atoms with Crippen molar-refractivity contribution in [1.29, 1.82) is 0 Å². The summed E-state index contributed by atoms with van der Waals surface area (Å²) in [4.78, 5) is 8.56. The molecule has 0 atom stereocenters. The van der Waals surface area contributed by atoms with Crippen LogP contribution in [0.1, 0.15) is 16.7 Å². The number of benzene rings is 6. The van der Waals surface area contributed by atoms with E-state index in [0.717, 1.165) is 27.8 Å². The van der Waals surface area contributed by atoms with Crippen LogP contribution < -0.4 is 0 Å². The van der Waals surface area contributed by atoms with Gasteiger partial charge in [-0.05, 0) is 89.8 Å². The second-order valence-corrected chi connectivity index (χ2v) is 10.2. The third kappa shape index (κ3) is 6.02. The molecule has 2 heterocycles. The van der Waals surface area contributed by atoms with E-state index in [9.17, 15) is 0 Å². The number of oxazole rings is 2. The van der Waals surface area contributed by atoms with Crippen LogP contribution >= 0.6 is 0 Å². The summed E-state index contributed by atoms with van der Waals surface area (Å²) in [5.41, 5.74) is 8.24. The zero-order valence-electron chi connectivity index (χ0n) is 23.3. The fourth-order valence-corrected chi connectivity index (χ4v) is 4.75. The fourth-order valence-electron chi connectivity index (χ4n) is 4.75. The zero-order chi connectivity index (χ0) is 28.2. The van der Waals surface area contributed by atoms with Gasteiger partial charge < -0.3 is 8.83 Å². The van der Waals surface area contributed by atoms with E-state index in [0.29, 0.717) is 5.89 Å². The Labute approximate surface area is 238 Å². The van der Waals surface area contributed by atoms with Gasteiger partial charge in [-0.3, -0.25) is 0 Å². The quantitative estimate of drug-likeness (QED) is 0.210. The number of fused-ring (bicyclic) bond motifs is 4. The van der Waals surface area contributed by atoms with E-state index in [-0.39, 0.29) is 0 Å². The van der Waals surface area contributed by atoms with Crippen molar-refractivity contribution in [2.75, 3.05) is 0 Å². The minimum atomic E-state index is 0.677. The Balaban J connectivity index is 0.000000122. The van der Waals surface area contributed by atoms with E-state index in [1.165, 1.54) is 44.6 Å². The molecule has 8 aromatic rings. The monoisotopic (exact) mass is 534 g/mol. The molecule has 0 spiro atoms. The van der Waals surface area contributed by atoms with E-state index < -0.39 is 0 Å². The molecule has 4 heteroatoms. The van der Waals surface area contributed by atoms with Crippen LogP contribution in [0.25, 0.3) is 55.2 Å². The Morgan fingerprint density at radius 2 is 1.05 bits per heavy atom. The maximum absolute atomic E-state index is 5.87. The van der Waals surface area contributed by atoms with Crippen molar-refractivity contribution >= 4 is 43.7 Å². The molecule has 0 amide bonds. The van der Waals surface area contributed by atoms with Gasteiger partial charge in [-0.15, -0.1) is 0 Å². The van der Waals surface area contributed by atoms with Crippen LogP contribution in [-0.4, -0.2) is 9.97 Å². The lowest BCUT2D eigenvalue weighted by molar-refractivity contribution is 0.602. The summed E-state index contributed by atoms with van der Waals surface area (Å²) >= 11 is 0. The first-order valence-corrected chi connectivity index (χ1v) is 13.6. The first-order chi connectivity index (χ1) is 20.0. The summed E-state index contributed by atoms with van der Waals surface area (Å²) in [5, 5.41) is 5.07. The normalized spacial score (nSPS) is 10.8. The molecule has 8 rings (SSSR count). The molecule has 0 unspecified atom stereocenters. The van der Waals surface area contributed by atoms with Gasteiger partial charge in [0.2, 0.25) is 5.89 Å². The van der Waals surface area contributed by atoms with Crippen LogP contribution in [0.5, 0.6) is 0 Å². The van der Waals surface area contributed by atoms with Crippen LogP contribution in [0, 0.1) is 20.8 Å². The predicted octanol–water partition coefficient (Wildman–Crippen LogP) is 10.2. The molecule has 41 heavy (non-hydrogen) atoms. The van der Waals surface area contributed by atoms with Gasteiger partial charge in [-0.2, -0.15) is 0 Å². The molecule has 200 valence electrons. The Hall–Kier alpha value is -5.22. The highest BCUT2D eigenvalue weighted by molar-refractivity contribution is 5.87. The number of aromatic nitrogens is 2. The minimum absolute atomic E-state index is 0.677. The van der Waals surface area contributed by atoms with Gasteiger partial charge in [0.25, 0.3) is 0 Å².